The largest absolute Gasteiger partial charge is 0.451 e. The van der Waals surface area contributed by atoms with Crippen LogP contribution >= 0.6 is 11.6 Å². The Morgan fingerprint density at radius 1 is 1.18 bits per heavy atom. The summed E-state index contributed by atoms with van der Waals surface area (Å²) in [6, 6.07) is 13.0. The van der Waals surface area contributed by atoms with E-state index in [4.69, 9.17) is 16.3 Å². The third kappa shape index (κ3) is 4.70. The molecule has 0 spiro atoms. The van der Waals surface area contributed by atoms with Gasteiger partial charge in [0.1, 0.15) is 6.54 Å². The highest BCUT2D eigenvalue weighted by molar-refractivity contribution is 6.30. The number of carbonyl (C=O) groups excluding carboxylic acids is 3. The minimum Gasteiger partial charge on any atom is -0.451 e. The highest BCUT2D eigenvalue weighted by atomic mass is 35.5. The molecule has 170 valence electrons. The van der Waals surface area contributed by atoms with Gasteiger partial charge >= 0.3 is 5.97 Å². The number of benzene rings is 2. The van der Waals surface area contributed by atoms with Crippen LogP contribution in [-0.4, -0.2) is 50.6 Å². The normalized spacial score (nSPS) is 14.8. The Labute approximate surface area is 194 Å². The van der Waals surface area contributed by atoms with Crippen molar-refractivity contribution in [3.63, 3.8) is 0 Å². The van der Waals surface area contributed by atoms with E-state index in [9.17, 15) is 14.4 Å². The van der Waals surface area contributed by atoms with E-state index in [1.54, 1.807) is 55.5 Å². The van der Waals surface area contributed by atoms with E-state index in [0.717, 1.165) is 0 Å². The molecule has 3 aromatic rings. The lowest BCUT2D eigenvalue weighted by atomic mass is 10.1. The molecule has 0 fully saturated rings. The van der Waals surface area contributed by atoms with Crippen LogP contribution in [0.5, 0.6) is 0 Å². The van der Waals surface area contributed by atoms with Crippen molar-refractivity contribution in [3.05, 3.63) is 53.6 Å². The molecule has 1 N–H and O–H groups in total. The monoisotopic (exact) mass is 468 g/mol. The number of nitrogens with zero attached hydrogens (tertiary/aromatic N) is 5. The van der Waals surface area contributed by atoms with Gasteiger partial charge in [0.25, 0.3) is 5.91 Å². The van der Waals surface area contributed by atoms with Crippen LogP contribution in [0.2, 0.25) is 5.02 Å². The molecule has 11 heteroatoms. The highest BCUT2D eigenvalue weighted by Crippen LogP contribution is 2.29. The van der Waals surface area contributed by atoms with Crippen molar-refractivity contribution in [2.75, 3.05) is 16.8 Å². The second kappa shape index (κ2) is 9.37. The van der Waals surface area contributed by atoms with E-state index in [0.29, 0.717) is 34.2 Å². The van der Waals surface area contributed by atoms with Gasteiger partial charge in [-0.3, -0.25) is 14.5 Å². The number of fused-ring (bicyclic) bond motifs is 1. The molecule has 0 radical (unpaired) electrons. The average Bonchev–Trinajstić information content (AvgIpc) is 3.28. The Balaban J connectivity index is 1.47. The van der Waals surface area contributed by atoms with Crippen LogP contribution in [0, 0.1) is 0 Å². The summed E-state index contributed by atoms with van der Waals surface area (Å²) in [6.07, 6.45) is -0.796. The topological polar surface area (TPSA) is 119 Å². The van der Waals surface area contributed by atoms with Crippen molar-refractivity contribution in [3.8, 4) is 11.4 Å². The van der Waals surface area contributed by atoms with Gasteiger partial charge in [-0.05, 0) is 55.0 Å². The number of hydrogen-bond donors (Lipinski definition) is 1. The molecular formula is C22H21ClN6O4. The maximum absolute atomic E-state index is 13.0. The number of nitrogens with one attached hydrogen (secondary N) is 1. The van der Waals surface area contributed by atoms with Gasteiger partial charge in [0.05, 0.1) is 11.4 Å². The Kier molecular flexibility index (Phi) is 6.36. The number of aromatic nitrogens is 4. The van der Waals surface area contributed by atoms with Gasteiger partial charge in [0.2, 0.25) is 11.7 Å². The number of ether oxygens (including phenoxy) is 1. The Morgan fingerprint density at radius 2 is 1.91 bits per heavy atom. The molecule has 2 heterocycles. The van der Waals surface area contributed by atoms with Crippen molar-refractivity contribution < 1.29 is 19.1 Å². The van der Waals surface area contributed by atoms with Gasteiger partial charge in [0.15, 0.2) is 12.1 Å². The number of esters is 1. The van der Waals surface area contributed by atoms with Gasteiger partial charge in [-0.25, -0.2) is 4.79 Å². The quantitative estimate of drug-likeness (QED) is 0.552. The third-order valence-corrected chi connectivity index (χ3v) is 5.40. The van der Waals surface area contributed by atoms with Gasteiger partial charge in [-0.1, -0.05) is 30.7 Å². The Hall–Kier alpha value is -3.79. The molecule has 0 saturated carbocycles. The first kappa shape index (κ1) is 22.4. The van der Waals surface area contributed by atoms with Gasteiger partial charge < -0.3 is 10.1 Å². The van der Waals surface area contributed by atoms with E-state index in [2.05, 4.69) is 20.7 Å². The second-order valence-electron chi connectivity index (χ2n) is 7.43. The molecular weight excluding hydrogens is 448 g/mol. The third-order valence-electron chi connectivity index (χ3n) is 5.15. The molecule has 0 unspecified atom stereocenters. The van der Waals surface area contributed by atoms with E-state index >= 15 is 0 Å². The fraction of sp³-hybridized carbons (Fsp3) is 0.273. The second-order valence-corrected chi connectivity index (χ2v) is 7.87. The fourth-order valence-electron chi connectivity index (χ4n) is 3.45. The average molecular weight is 469 g/mol. The molecule has 1 aromatic heterocycles. The molecule has 2 amide bonds. The lowest BCUT2D eigenvalue weighted by Crippen LogP contribution is -2.47. The smallest absolute Gasteiger partial charge is 0.333 e. The number of anilines is 2. The summed E-state index contributed by atoms with van der Waals surface area (Å²) in [5, 5.41) is 15.6. The molecule has 0 aliphatic carbocycles. The van der Waals surface area contributed by atoms with Crippen molar-refractivity contribution >= 4 is 40.8 Å². The minimum atomic E-state index is -1.12. The van der Waals surface area contributed by atoms with E-state index in [-0.39, 0.29) is 12.5 Å². The number of amides is 2. The summed E-state index contributed by atoms with van der Waals surface area (Å²) in [6.45, 7) is 3.08. The van der Waals surface area contributed by atoms with Crippen LogP contribution in [0.4, 0.5) is 11.4 Å². The maximum Gasteiger partial charge on any atom is 0.333 e. The zero-order valence-corrected chi connectivity index (χ0v) is 18.7. The van der Waals surface area contributed by atoms with Crippen LogP contribution in [0.15, 0.2) is 48.5 Å². The fourth-order valence-corrected chi connectivity index (χ4v) is 3.57. The number of halogens is 1. The highest BCUT2D eigenvalue weighted by Gasteiger charge is 2.33. The zero-order chi connectivity index (χ0) is 23.5. The molecule has 33 heavy (non-hydrogen) atoms. The maximum atomic E-state index is 13.0. The van der Waals surface area contributed by atoms with Crippen LogP contribution in [0.25, 0.3) is 11.4 Å². The van der Waals surface area contributed by atoms with Crippen molar-refractivity contribution in [1.29, 1.82) is 0 Å². The molecule has 0 saturated heterocycles. The summed E-state index contributed by atoms with van der Waals surface area (Å²) in [5.41, 5.74) is 1.76. The lowest BCUT2D eigenvalue weighted by Gasteiger charge is -2.31. The van der Waals surface area contributed by atoms with Gasteiger partial charge in [-0.15, -0.1) is 15.0 Å². The Morgan fingerprint density at radius 3 is 2.64 bits per heavy atom. The van der Waals surface area contributed by atoms with Crippen molar-refractivity contribution in [1.82, 2.24) is 20.2 Å². The standard InChI is InChI=1S/C22H21ClN6O4/c1-3-17(29-26-20(25-27-29)14-8-10-15(23)11-9-14)22(32)33-13(2)21(31)28-12-19(30)24-16-6-4-5-7-18(16)28/h4-11,13,17H,3,12H2,1-2H3,(H,24,30)/t13-,17-/m0/s1. The zero-order valence-electron chi connectivity index (χ0n) is 17.9. The predicted octanol–water partition coefficient (Wildman–Crippen LogP) is 2.86. The first-order valence-electron chi connectivity index (χ1n) is 10.3. The van der Waals surface area contributed by atoms with Gasteiger partial charge in [-0.2, -0.15) is 0 Å². The molecule has 2 aromatic carbocycles. The summed E-state index contributed by atoms with van der Waals surface area (Å²) in [5.74, 6) is -1.17. The van der Waals surface area contributed by atoms with Crippen molar-refractivity contribution in [2.45, 2.75) is 32.4 Å². The van der Waals surface area contributed by atoms with Crippen molar-refractivity contribution in [2.24, 2.45) is 0 Å². The molecule has 0 bridgehead atoms. The lowest BCUT2D eigenvalue weighted by molar-refractivity contribution is -0.158. The first-order chi connectivity index (χ1) is 15.9. The van der Waals surface area contributed by atoms with Gasteiger partial charge in [0, 0.05) is 10.6 Å². The SMILES string of the molecule is CC[C@@H](C(=O)O[C@@H](C)C(=O)N1CC(=O)Nc2ccccc21)n1nnc(-c2ccc(Cl)cc2)n1. The summed E-state index contributed by atoms with van der Waals surface area (Å²) in [4.78, 5) is 40.4. The molecule has 2 atom stereocenters. The molecule has 1 aliphatic rings. The Bertz CT molecular complexity index is 1200. The van der Waals surface area contributed by atoms with E-state index in [1.165, 1.54) is 16.6 Å². The number of rotatable bonds is 6. The van der Waals surface area contributed by atoms with Crippen LogP contribution in [-0.2, 0) is 19.1 Å². The van der Waals surface area contributed by atoms with Crippen LogP contribution < -0.4 is 10.2 Å². The first-order valence-corrected chi connectivity index (χ1v) is 10.7. The predicted molar refractivity (Wildman–Crippen MR) is 121 cm³/mol. The number of tetrazole rings is 1. The summed E-state index contributed by atoms with van der Waals surface area (Å²) >= 11 is 5.91. The van der Waals surface area contributed by atoms with E-state index < -0.39 is 24.0 Å². The summed E-state index contributed by atoms with van der Waals surface area (Å²) in [7, 11) is 0. The summed E-state index contributed by atoms with van der Waals surface area (Å²) < 4.78 is 5.45. The number of carbonyl (C=O) groups is 3. The van der Waals surface area contributed by atoms with E-state index in [1.807, 2.05) is 0 Å². The molecule has 4 rings (SSSR count). The molecule has 10 nitrogen and oxygen atoms in total. The number of hydrogen-bond acceptors (Lipinski definition) is 7. The van der Waals surface area contributed by atoms with Crippen LogP contribution in [0.1, 0.15) is 26.3 Å². The minimum absolute atomic E-state index is 0.163. The number of para-hydroxylation sites is 2. The van der Waals surface area contributed by atoms with Crippen LogP contribution in [0.3, 0.4) is 0 Å². The molecule has 1 aliphatic heterocycles.